The molecule has 1 aliphatic heterocycles. The quantitative estimate of drug-likeness (QED) is 0.699. The average Bonchev–Trinajstić information content (AvgIpc) is 3.08. The number of hydrogen-bond donors (Lipinski definition) is 1. The lowest BCUT2D eigenvalue weighted by Gasteiger charge is -2.27. The van der Waals surface area contributed by atoms with Crippen molar-refractivity contribution in [3.63, 3.8) is 0 Å². The summed E-state index contributed by atoms with van der Waals surface area (Å²) in [6.45, 7) is 14.8. The van der Waals surface area contributed by atoms with E-state index < -0.39 is 0 Å². The van der Waals surface area contributed by atoms with Crippen LogP contribution in [0, 0.1) is 0 Å². The minimum Gasteiger partial charge on any atom is -0.313 e. The van der Waals surface area contributed by atoms with E-state index in [2.05, 4.69) is 95.4 Å². The third-order valence-electron chi connectivity index (χ3n) is 5.77. The summed E-state index contributed by atoms with van der Waals surface area (Å²) in [4.78, 5) is 0. The summed E-state index contributed by atoms with van der Waals surface area (Å²) >= 11 is 0. The highest BCUT2D eigenvalue weighted by molar-refractivity contribution is 5.39. The van der Waals surface area contributed by atoms with E-state index in [4.69, 9.17) is 0 Å². The molecule has 1 fully saturated rings. The standard InChI is InChI=1S/C25H35N/c1-24(2,3)20-13-9-18(10-14-20)23(22-8-7-17-26-22)19-11-15-21(16-12-19)25(4,5)6/h9-16,22-23,26H,7-8,17H2,1-6H3/t22-/m1/s1. The van der Waals surface area contributed by atoms with Crippen LogP contribution in [-0.2, 0) is 10.8 Å². The third kappa shape index (κ3) is 4.20. The van der Waals surface area contributed by atoms with Crippen molar-refractivity contribution >= 4 is 0 Å². The lowest BCUT2D eigenvalue weighted by molar-refractivity contribution is 0.538. The molecule has 0 spiro atoms. The van der Waals surface area contributed by atoms with Gasteiger partial charge in [0, 0.05) is 12.0 Å². The Morgan fingerprint density at radius 3 is 1.46 bits per heavy atom. The van der Waals surface area contributed by atoms with Gasteiger partial charge in [-0.05, 0) is 52.5 Å². The smallest absolute Gasteiger partial charge is 0.0243 e. The van der Waals surface area contributed by atoms with Crippen LogP contribution < -0.4 is 5.32 Å². The van der Waals surface area contributed by atoms with Crippen molar-refractivity contribution in [3.8, 4) is 0 Å². The first-order valence-electron chi connectivity index (χ1n) is 10.1. The summed E-state index contributed by atoms with van der Waals surface area (Å²) in [7, 11) is 0. The molecule has 2 aromatic rings. The van der Waals surface area contributed by atoms with Gasteiger partial charge in [0.2, 0.25) is 0 Å². The van der Waals surface area contributed by atoms with Gasteiger partial charge in [-0.3, -0.25) is 0 Å². The van der Waals surface area contributed by atoms with Gasteiger partial charge >= 0.3 is 0 Å². The molecule has 0 bridgehead atoms. The van der Waals surface area contributed by atoms with Crippen LogP contribution in [0.3, 0.4) is 0 Å². The van der Waals surface area contributed by atoms with Crippen molar-refractivity contribution in [2.75, 3.05) is 6.54 Å². The van der Waals surface area contributed by atoms with Crippen molar-refractivity contribution < 1.29 is 0 Å². The molecule has 1 atom stereocenters. The number of rotatable bonds is 3. The first-order chi connectivity index (χ1) is 12.2. The van der Waals surface area contributed by atoms with E-state index in [0.29, 0.717) is 12.0 Å². The van der Waals surface area contributed by atoms with Crippen LogP contribution in [0.5, 0.6) is 0 Å². The summed E-state index contributed by atoms with van der Waals surface area (Å²) in [6.07, 6.45) is 2.54. The highest BCUT2D eigenvalue weighted by Gasteiger charge is 2.28. The minimum absolute atomic E-state index is 0.202. The first-order valence-corrected chi connectivity index (χ1v) is 10.1. The van der Waals surface area contributed by atoms with Gasteiger partial charge in [-0.15, -0.1) is 0 Å². The van der Waals surface area contributed by atoms with Crippen LogP contribution in [0.15, 0.2) is 48.5 Å². The van der Waals surface area contributed by atoms with Gasteiger partial charge < -0.3 is 5.32 Å². The van der Waals surface area contributed by atoms with Gasteiger partial charge in [-0.2, -0.15) is 0 Å². The molecule has 3 rings (SSSR count). The Balaban J connectivity index is 1.95. The Hall–Kier alpha value is -1.60. The molecule has 1 heterocycles. The van der Waals surface area contributed by atoms with Gasteiger partial charge in [-0.25, -0.2) is 0 Å². The normalized spacial score (nSPS) is 18.5. The summed E-state index contributed by atoms with van der Waals surface area (Å²) < 4.78 is 0. The van der Waals surface area contributed by atoms with Crippen LogP contribution in [0.4, 0.5) is 0 Å². The van der Waals surface area contributed by atoms with Crippen LogP contribution in [0.25, 0.3) is 0 Å². The van der Waals surface area contributed by atoms with Crippen LogP contribution in [0.2, 0.25) is 0 Å². The SMILES string of the molecule is CC(C)(C)c1ccc(C(c2ccc(C(C)(C)C)cc2)[C@H]2CCCN2)cc1. The molecule has 0 aliphatic carbocycles. The van der Waals surface area contributed by atoms with E-state index in [1.165, 1.54) is 35.1 Å². The van der Waals surface area contributed by atoms with E-state index >= 15 is 0 Å². The van der Waals surface area contributed by atoms with E-state index in [9.17, 15) is 0 Å². The average molecular weight is 350 g/mol. The molecule has 0 radical (unpaired) electrons. The first kappa shape index (κ1) is 19.2. The Bertz CT molecular complexity index is 647. The predicted molar refractivity (Wildman–Crippen MR) is 113 cm³/mol. The molecule has 1 saturated heterocycles. The van der Waals surface area contributed by atoms with Crippen molar-refractivity contribution in [1.82, 2.24) is 5.32 Å². The number of nitrogens with one attached hydrogen (secondary N) is 1. The maximum Gasteiger partial charge on any atom is 0.0243 e. The molecule has 0 saturated carbocycles. The molecular formula is C25H35N. The zero-order chi connectivity index (χ0) is 18.9. The van der Waals surface area contributed by atoms with Crippen molar-refractivity contribution in [2.45, 2.75) is 77.2 Å². The molecule has 1 aliphatic rings. The second kappa shape index (κ2) is 7.19. The van der Waals surface area contributed by atoms with Gasteiger partial charge in [0.15, 0.2) is 0 Å². The van der Waals surface area contributed by atoms with Crippen LogP contribution in [-0.4, -0.2) is 12.6 Å². The molecule has 2 aromatic carbocycles. The summed E-state index contributed by atoms with van der Waals surface area (Å²) in [5.41, 5.74) is 6.08. The fourth-order valence-electron chi connectivity index (χ4n) is 4.03. The van der Waals surface area contributed by atoms with Crippen LogP contribution >= 0.6 is 0 Å². The van der Waals surface area contributed by atoms with Gasteiger partial charge in [0.05, 0.1) is 0 Å². The molecule has 0 aromatic heterocycles. The van der Waals surface area contributed by atoms with E-state index in [-0.39, 0.29) is 10.8 Å². The summed E-state index contributed by atoms with van der Waals surface area (Å²) in [5.74, 6) is 0.431. The predicted octanol–water partition coefficient (Wildman–Crippen LogP) is 6.17. The van der Waals surface area contributed by atoms with E-state index in [1.54, 1.807) is 0 Å². The molecule has 0 amide bonds. The Morgan fingerprint density at radius 1 is 0.731 bits per heavy atom. The van der Waals surface area contributed by atoms with E-state index in [0.717, 1.165) is 6.54 Å². The van der Waals surface area contributed by atoms with Crippen molar-refractivity contribution in [1.29, 1.82) is 0 Å². The largest absolute Gasteiger partial charge is 0.313 e. The third-order valence-corrected chi connectivity index (χ3v) is 5.77. The Kier molecular flexibility index (Phi) is 5.30. The molecule has 140 valence electrons. The van der Waals surface area contributed by atoms with Crippen molar-refractivity contribution in [2.24, 2.45) is 0 Å². The van der Waals surface area contributed by atoms with Gasteiger partial charge in [-0.1, -0.05) is 90.1 Å². The zero-order valence-electron chi connectivity index (χ0n) is 17.4. The second-order valence-corrected chi connectivity index (χ2v) is 9.92. The van der Waals surface area contributed by atoms with E-state index in [1.807, 2.05) is 0 Å². The maximum absolute atomic E-state index is 3.74. The zero-order valence-corrected chi connectivity index (χ0v) is 17.4. The topological polar surface area (TPSA) is 12.0 Å². The Labute approximate surface area is 160 Å². The molecule has 1 heteroatoms. The fraction of sp³-hybridized carbons (Fsp3) is 0.520. The van der Waals surface area contributed by atoms with Crippen LogP contribution in [0.1, 0.15) is 82.6 Å². The van der Waals surface area contributed by atoms with Gasteiger partial charge in [0.1, 0.15) is 0 Å². The lowest BCUT2D eigenvalue weighted by Crippen LogP contribution is -2.29. The highest BCUT2D eigenvalue weighted by Crippen LogP contribution is 2.34. The summed E-state index contributed by atoms with van der Waals surface area (Å²) in [5, 5.41) is 3.74. The fourth-order valence-corrected chi connectivity index (χ4v) is 4.03. The lowest BCUT2D eigenvalue weighted by atomic mass is 9.80. The Morgan fingerprint density at radius 2 is 1.15 bits per heavy atom. The number of hydrogen-bond acceptors (Lipinski definition) is 1. The maximum atomic E-state index is 3.74. The number of benzene rings is 2. The summed E-state index contributed by atoms with van der Waals surface area (Å²) in [6, 6.07) is 19.2. The van der Waals surface area contributed by atoms with Gasteiger partial charge in [0.25, 0.3) is 0 Å². The molecular weight excluding hydrogens is 314 g/mol. The molecule has 1 N–H and O–H groups in total. The monoisotopic (exact) mass is 349 g/mol. The minimum atomic E-state index is 0.202. The molecule has 1 nitrogen and oxygen atoms in total. The highest BCUT2D eigenvalue weighted by atomic mass is 14.9. The molecule has 26 heavy (non-hydrogen) atoms. The van der Waals surface area contributed by atoms with Crippen molar-refractivity contribution in [3.05, 3.63) is 70.8 Å². The second-order valence-electron chi connectivity index (χ2n) is 9.92. The molecule has 0 unspecified atom stereocenters.